The number of allylic oxidation sites excluding steroid dienone is 6. The van der Waals surface area contributed by atoms with Gasteiger partial charge in [-0.25, -0.2) is 0 Å². The van der Waals surface area contributed by atoms with Crippen molar-refractivity contribution in [1.29, 1.82) is 0 Å². The number of carboxylic acids is 1. The summed E-state index contributed by atoms with van der Waals surface area (Å²) in [4.78, 5) is 38.1. The summed E-state index contributed by atoms with van der Waals surface area (Å²) in [6.45, 7) is 3.49. The van der Waals surface area contributed by atoms with Crippen molar-refractivity contribution in [2.24, 2.45) is 17.6 Å². The van der Waals surface area contributed by atoms with Crippen molar-refractivity contribution in [3.8, 4) is 0 Å². The van der Waals surface area contributed by atoms with Gasteiger partial charge in [0, 0.05) is 38.5 Å². The van der Waals surface area contributed by atoms with Crippen molar-refractivity contribution < 1.29 is 69.1 Å². The Balaban J connectivity index is 1.89. The van der Waals surface area contributed by atoms with Crippen LogP contribution in [0.5, 0.6) is 0 Å². The van der Waals surface area contributed by atoms with Gasteiger partial charge in [-0.3, -0.25) is 14.4 Å². The molecule has 13 atom stereocenters. The molecule has 15 nitrogen and oxygen atoms in total. The number of carbonyl (C=O) groups excluding carboxylic acids is 2. The smallest absolute Gasteiger partial charge is 0.311 e. The molecule has 0 aromatic carbocycles. The Labute approximate surface area is 310 Å². The van der Waals surface area contributed by atoms with E-state index in [1.807, 2.05) is 13.0 Å². The van der Waals surface area contributed by atoms with Gasteiger partial charge < -0.3 is 60.4 Å². The second kappa shape index (κ2) is 21.9. The highest BCUT2D eigenvalue weighted by atomic mass is 16.7. The van der Waals surface area contributed by atoms with Gasteiger partial charge in [0.1, 0.15) is 23.9 Å². The Bertz CT molecular complexity index is 1290. The molecule has 0 spiro atoms. The molecule has 2 saturated heterocycles. The summed E-state index contributed by atoms with van der Waals surface area (Å²) < 4.78 is 23.1. The molecule has 0 amide bonds. The average molecular weight is 754 g/mol. The first kappa shape index (κ1) is 44.6. The molecule has 0 radical (unpaired) electrons. The van der Waals surface area contributed by atoms with Crippen LogP contribution in [0.15, 0.2) is 48.6 Å². The number of carbonyl (C=O) groups is 3. The van der Waals surface area contributed by atoms with E-state index in [1.165, 1.54) is 0 Å². The lowest BCUT2D eigenvalue weighted by atomic mass is 9.83. The molecule has 3 aliphatic heterocycles. The zero-order chi connectivity index (χ0) is 39.1. The third kappa shape index (κ3) is 14.1. The number of rotatable bonds is 6. The van der Waals surface area contributed by atoms with Crippen LogP contribution in [0, 0.1) is 11.8 Å². The minimum Gasteiger partial charge on any atom is -0.481 e. The van der Waals surface area contributed by atoms with Crippen LogP contribution in [-0.2, 0) is 33.3 Å². The lowest BCUT2D eigenvalue weighted by Crippen LogP contribution is -2.59. The maximum absolute atomic E-state index is 13.0. The summed E-state index contributed by atoms with van der Waals surface area (Å²) in [5.41, 5.74) is 5.91. The van der Waals surface area contributed by atoms with Gasteiger partial charge >= 0.3 is 11.9 Å². The Morgan fingerprint density at radius 3 is 2.36 bits per heavy atom. The number of fused-ring (bicyclic) bond motifs is 2. The highest BCUT2D eigenvalue weighted by Crippen LogP contribution is 2.38. The zero-order valence-electron chi connectivity index (χ0n) is 30.6. The number of Topliss-reactive ketones (excluding diaryl/α,β-unsaturated/α-hetero) is 1. The average Bonchev–Trinajstić information content (AvgIpc) is 3.06. The normalized spacial score (nSPS) is 41.5. The fourth-order valence-electron chi connectivity index (χ4n) is 6.90. The van der Waals surface area contributed by atoms with E-state index in [0.29, 0.717) is 12.8 Å². The van der Waals surface area contributed by atoms with Crippen molar-refractivity contribution in [2.45, 2.75) is 151 Å². The lowest BCUT2D eigenvalue weighted by molar-refractivity contribution is -0.305. The number of aliphatic carboxylic acids is 1. The Kier molecular flexibility index (Phi) is 18.4. The van der Waals surface area contributed by atoms with E-state index in [9.17, 15) is 50.1 Å². The number of ether oxygens (including phenoxy) is 4. The molecule has 53 heavy (non-hydrogen) atoms. The molecule has 0 aromatic heterocycles. The van der Waals surface area contributed by atoms with Gasteiger partial charge in [0.05, 0.1) is 55.2 Å². The molecule has 0 aromatic rings. The van der Waals surface area contributed by atoms with E-state index in [-0.39, 0.29) is 50.9 Å². The summed E-state index contributed by atoms with van der Waals surface area (Å²) in [5, 5.41) is 74.6. The van der Waals surface area contributed by atoms with Crippen LogP contribution >= 0.6 is 0 Å². The van der Waals surface area contributed by atoms with Crippen molar-refractivity contribution >= 4 is 17.7 Å². The minimum atomic E-state index is -2.15. The van der Waals surface area contributed by atoms with Gasteiger partial charge in [0.15, 0.2) is 12.1 Å². The lowest BCUT2D eigenvalue weighted by Gasteiger charge is -2.44. The van der Waals surface area contributed by atoms with Crippen LogP contribution in [0.1, 0.15) is 84.5 Å². The van der Waals surface area contributed by atoms with E-state index in [0.717, 1.165) is 6.42 Å². The molecule has 9 unspecified atom stereocenters. The van der Waals surface area contributed by atoms with Crippen LogP contribution in [0.2, 0.25) is 0 Å². The van der Waals surface area contributed by atoms with E-state index >= 15 is 0 Å². The monoisotopic (exact) mass is 753 g/mol. The third-order valence-corrected chi connectivity index (χ3v) is 9.82. The number of hydrogen-bond acceptors (Lipinski definition) is 14. The van der Waals surface area contributed by atoms with E-state index in [1.54, 1.807) is 49.5 Å². The standard InChI is InChI=1S/C38H59NO14/c1-3-13-25-16-10-8-6-5-7-9-11-17-26(52-37-34(45)33(39)30(44)22-50-37)19-31-32(35(46)47)29(43)21-38(49,53-31)20-24(41)15-12-14-23(40)18-28(42)27(4-2)36(48)51-25/h5-11,17,24-34,37,41-45,49H,3-4,12-16,18-22,39H2,1-2H3,(H,46,47)/b6-5+,9-7+,10-8+,17-11+/t24?,25?,26?,27?,28?,29-,30?,31-,32?,33-,34-,37?,38?/m0/s1. The minimum absolute atomic E-state index is 0.0163. The second-order valence-corrected chi connectivity index (χ2v) is 14.2. The van der Waals surface area contributed by atoms with Gasteiger partial charge in [0.2, 0.25) is 0 Å². The van der Waals surface area contributed by atoms with Gasteiger partial charge in [-0.1, -0.05) is 68.9 Å². The van der Waals surface area contributed by atoms with Crippen LogP contribution < -0.4 is 5.73 Å². The number of nitrogens with two attached hydrogens (primary N) is 1. The summed E-state index contributed by atoms with van der Waals surface area (Å²) in [6.07, 6.45) is 3.90. The molecule has 2 bridgehead atoms. The molecule has 2 fully saturated rings. The largest absolute Gasteiger partial charge is 0.481 e. The van der Waals surface area contributed by atoms with Crippen molar-refractivity contribution in [2.75, 3.05) is 6.61 Å². The quantitative estimate of drug-likeness (QED) is 0.178. The van der Waals surface area contributed by atoms with Crippen molar-refractivity contribution in [3.63, 3.8) is 0 Å². The maximum atomic E-state index is 13.0. The first-order valence-electron chi connectivity index (χ1n) is 18.6. The van der Waals surface area contributed by atoms with Crippen LogP contribution in [0.4, 0.5) is 0 Å². The molecular formula is C38H59NO14. The first-order valence-corrected chi connectivity index (χ1v) is 18.6. The van der Waals surface area contributed by atoms with Gasteiger partial charge in [0.25, 0.3) is 0 Å². The Morgan fingerprint density at radius 2 is 1.68 bits per heavy atom. The molecule has 15 heteroatoms. The maximum Gasteiger partial charge on any atom is 0.311 e. The molecule has 3 rings (SSSR count). The van der Waals surface area contributed by atoms with Gasteiger partial charge in [-0.15, -0.1) is 0 Å². The fraction of sp³-hybridized carbons (Fsp3) is 0.711. The SMILES string of the molecule is CCCC1C/C=C/C=C/C=C/C=C/C(OC2OCC(O)[C@H](N)[C@@H]2O)C[C@@H]2OC(O)(CC(O)CCCC(=O)CC(O)C(CC)C(=O)O1)C[C@H](O)C2C(=O)O. The van der Waals surface area contributed by atoms with Crippen LogP contribution in [0.3, 0.4) is 0 Å². The van der Waals surface area contributed by atoms with E-state index in [2.05, 4.69) is 0 Å². The summed E-state index contributed by atoms with van der Waals surface area (Å²) in [6, 6.07) is -1.08. The molecular weight excluding hydrogens is 694 g/mol. The van der Waals surface area contributed by atoms with Crippen molar-refractivity contribution in [3.05, 3.63) is 48.6 Å². The van der Waals surface area contributed by atoms with Gasteiger partial charge in [-0.2, -0.15) is 0 Å². The number of aliphatic hydroxyl groups is 6. The number of aliphatic hydroxyl groups excluding tert-OH is 5. The Morgan fingerprint density at radius 1 is 0.981 bits per heavy atom. The predicted molar refractivity (Wildman–Crippen MR) is 191 cm³/mol. The molecule has 300 valence electrons. The zero-order valence-corrected chi connectivity index (χ0v) is 30.6. The number of cyclic esters (lactones) is 1. The molecule has 0 aliphatic carbocycles. The van der Waals surface area contributed by atoms with Crippen LogP contribution in [-0.4, -0.2) is 127 Å². The van der Waals surface area contributed by atoms with E-state index < -0.39 is 104 Å². The number of ketones is 1. The topological polar surface area (TPSA) is 256 Å². The molecule has 3 aliphatic rings. The number of carboxylic acid groups (broad SMARTS) is 1. The number of hydrogen-bond donors (Lipinski definition) is 8. The molecule has 0 saturated carbocycles. The summed E-state index contributed by atoms with van der Waals surface area (Å²) in [7, 11) is 0. The Hall–Kier alpha value is -2.83. The summed E-state index contributed by atoms with van der Waals surface area (Å²) >= 11 is 0. The highest BCUT2D eigenvalue weighted by Gasteiger charge is 2.50. The van der Waals surface area contributed by atoms with E-state index in [4.69, 9.17) is 24.7 Å². The highest BCUT2D eigenvalue weighted by molar-refractivity contribution is 5.80. The van der Waals surface area contributed by atoms with Crippen LogP contribution in [0.25, 0.3) is 0 Å². The fourth-order valence-corrected chi connectivity index (χ4v) is 6.90. The van der Waals surface area contributed by atoms with Gasteiger partial charge in [-0.05, 0) is 25.7 Å². The summed E-state index contributed by atoms with van der Waals surface area (Å²) in [5.74, 6) is -6.79. The molecule has 3 heterocycles. The molecule has 9 N–H and O–H groups in total. The predicted octanol–water partition coefficient (Wildman–Crippen LogP) is 1.31. The second-order valence-electron chi connectivity index (χ2n) is 14.2. The third-order valence-electron chi connectivity index (χ3n) is 9.82. The van der Waals surface area contributed by atoms with Crippen molar-refractivity contribution in [1.82, 2.24) is 0 Å². The number of esters is 1. The first-order chi connectivity index (χ1) is 25.2.